The van der Waals surface area contributed by atoms with Crippen molar-refractivity contribution < 1.29 is 4.74 Å². The van der Waals surface area contributed by atoms with E-state index in [4.69, 9.17) is 4.74 Å². The van der Waals surface area contributed by atoms with E-state index in [1.54, 1.807) is 0 Å². The minimum Gasteiger partial charge on any atom is -0.493 e. The molecule has 0 atom stereocenters. The van der Waals surface area contributed by atoms with Crippen LogP contribution in [-0.2, 0) is 0 Å². The lowest BCUT2D eigenvalue weighted by molar-refractivity contribution is 0.199. The Bertz CT molecular complexity index is 291. The first-order valence-corrected chi connectivity index (χ1v) is 5.23. The summed E-state index contributed by atoms with van der Waals surface area (Å²) < 4.78 is 6.69. The molecule has 1 N–H and O–H groups in total. The van der Waals surface area contributed by atoms with Crippen LogP contribution in [0.4, 0.5) is 0 Å². The Balaban J connectivity index is 0.000000980. The van der Waals surface area contributed by atoms with Gasteiger partial charge in [-0.15, -0.1) is 12.4 Å². The number of hydrogen-bond acceptors (Lipinski definition) is 2. The molecule has 4 heteroatoms. The van der Waals surface area contributed by atoms with Crippen LogP contribution in [0.2, 0.25) is 0 Å². The molecule has 1 saturated heterocycles. The van der Waals surface area contributed by atoms with Gasteiger partial charge in [0.25, 0.3) is 0 Å². The highest BCUT2D eigenvalue weighted by atomic mass is 79.9. The summed E-state index contributed by atoms with van der Waals surface area (Å²) in [5.74, 6) is 1.64. The lowest BCUT2D eigenvalue weighted by Gasteiger charge is -2.26. The molecule has 0 saturated carbocycles. The summed E-state index contributed by atoms with van der Waals surface area (Å²) in [6, 6.07) is 7.96. The summed E-state index contributed by atoms with van der Waals surface area (Å²) in [6.45, 7) is 3.01. The van der Waals surface area contributed by atoms with E-state index in [1.807, 2.05) is 24.3 Å². The number of nitrogens with one attached hydrogen (secondary N) is 1. The Morgan fingerprint density at radius 2 is 2.21 bits per heavy atom. The van der Waals surface area contributed by atoms with Crippen molar-refractivity contribution in [1.29, 1.82) is 0 Å². The zero-order valence-corrected chi connectivity index (χ0v) is 10.1. The number of rotatable bonds is 3. The highest BCUT2D eigenvalue weighted by Crippen LogP contribution is 2.18. The van der Waals surface area contributed by atoms with Gasteiger partial charge in [-0.1, -0.05) is 22.0 Å². The number of halogens is 2. The molecule has 1 aliphatic rings. The third-order valence-electron chi connectivity index (χ3n) is 2.15. The average molecular weight is 279 g/mol. The predicted molar refractivity (Wildman–Crippen MR) is 63.2 cm³/mol. The van der Waals surface area contributed by atoms with Crippen molar-refractivity contribution in [2.24, 2.45) is 5.92 Å². The second-order valence-corrected chi connectivity index (χ2v) is 4.21. The predicted octanol–water partition coefficient (Wildman–Crippen LogP) is 2.47. The van der Waals surface area contributed by atoms with Crippen LogP contribution in [0.5, 0.6) is 5.75 Å². The van der Waals surface area contributed by atoms with Crippen LogP contribution in [-0.4, -0.2) is 19.7 Å². The molecule has 0 radical (unpaired) electrons. The van der Waals surface area contributed by atoms with Gasteiger partial charge < -0.3 is 10.1 Å². The molecule has 1 heterocycles. The molecule has 0 aliphatic carbocycles. The maximum Gasteiger partial charge on any atom is 0.120 e. The summed E-state index contributed by atoms with van der Waals surface area (Å²) in [4.78, 5) is 0. The molecule has 2 nitrogen and oxygen atoms in total. The van der Waals surface area contributed by atoms with Crippen LogP contribution in [0.25, 0.3) is 0 Å². The van der Waals surface area contributed by atoms with Gasteiger partial charge in [0.15, 0.2) is 0 Å². The van der Waals surface area contributed by atoms with Gasteiger partial charge in [-0.05, 0) is 18.2 Å². The summed E-state index contributed by atoms with van der Waals surface area (Å²) in [5.41, 5.74) is 0. The van der Waals surface area contributed by atoms with Crippen LogP contribution >= 0.6 is 28.3 Å². The van der Waals surface area contributed by atoms with E-state index in [0.29, 0.717) is 5.92 Å². The van der Waals surface area contributed by atoms with E-state index in [0.717, 1.165) is 29.9 Å². The molecule has 1 aromatic rings. The monoisotopic (exact) mass is 277 g/mol. The summed E-state index contributed by atoms with van der Waals surface area (Å²) >= 11 is 3.41. The van der Waals surface area contributed by atoms with Crippen molar-refractivity contribution in [2.45, 2.75) is 0 Å². The quantitative estimate of drug-likeness (QED) is 0.917. The first kappa shape index (κ1) is 11.8. The van der Waals surface area contributed by atoms with Crippen molar-refractivity contribution in [1.82, 2.24) is 5.32 Å². The molecule has 0 bridgehead atoms. The second-order valence-electron chi connectivity index (χ2n) is 3.29. The van der Waals surface area contributed by atoms with Gasteiger partial charge in [0.05, 0.1) is 6.61 Å². The largest absolute Gasteiger partial charge is 0.493 e. The molecule has 1 aromatic carbocycles. The zero-order valence-electron chi connectivity index (χ0n) is 7.70. The average Bonchev–Trinajstić information content (AvgIpc) is 2.01. The fourth-order valence-corrected chi connectivity index (χ4v) is 1.62. The van der Waals surface area contributed by atoms with Crippen LogP contribution in [0.15, 0.2) is 28.7 Å². The van der Waals surface area contributed by atoms with Gasteiger partial charge in [0.2, 0.25) is 0 Å². The number of ether oxygens (including phenoxy) is 1. The second kappa shape index (κ2) is 5.59. The molecule has 1 fully saturated rings. The van der Waals surface area contributed by atoms with Gasteiger partial charge in [-0.2, -0.15) is 0 Å². The minimum absolute atomic E-state index is 0. The molecule has 2 rings (SSSR count). The molecule has 0 aromatic heterocycles. The molecule has 0 spiro atoms. The summed E-state index contributed by atoms with van der Waals surface area (Å²) in [7, 11) is 0. The molecule has 0 amide bonds. The summed E-state index contributed by atoms with van der Waals surface area (Å²) in [6.07, 6.45) is 0. The first-order chi connectivity index (χ1) is 6.34. The summed E-state index contributed by atoms with van der Waals surface area (Å²) in [5, 5.41) is 3.22. The Labute approximate surface area is 98.6 Å². The highest BCUT2D eigenvalue weighted by molar-refractivity contribution is 9.10. The van der Waals surface area contributed by atoms with E-state index < -0.39 is 0 Å². The smallest absolute Gasteiger partial charge is 0.120 e. The van der Waals surface area contributed by atoms with Crippen molar-refractivity contribution in [3.63, 3.8) is 0 Å². The minimum atomic E-state index is 0. The van der Waals surface area contributed by atoms with Crippen LogP contribution in [0.1, 0.15) is 0 Å². The fraction of sp³-hybridized carbons (Fsp3) is 0.400. The number of benzene rings is 1. The molecule has 78 valence electrons. The van der Waals surface area contributed by atoms with Crippen LogP contribution in [0.3, 0.4) is 0 Å². The van der Waals surface area contributed by atoms with Crippen molar-refractivity contribution in [2.75, 3.05) is 19.7 Å². The molecule has 14 heavy (non-hydrogen) atoms. The van der Waals surface area contributed by atoms with Gasteiger partial charge in [0, 0.05) is 23.5 Å². The Morgan fingerprint density at radius 1 is 1.43 bits per heavy atom. The Hall–Kier alpha value is -0.250. The maximum atomic E-state index is 5.62. The zero-order chi connectivity index (χ0) is 9.10. The van der Waals surface area contributed by atoms with E-state index in [1.165, 1.54) is 0 Å². The van der Waals surface area contributed by atoms with Crippen molar-refractivity contribution in [3.05, 3.63) is 28.7 Å². The van der Waals surface area contributed by atoms with Gasteiger partial charge in [-0.3, -0.25) is 0 Å². The van der Waals surface area contributed by atoms with E-state index in [9.17, 15) is 0 Å². The SMILES string of the molecule is Brc1cccc(OCC2CNC2)c1.Cl. The number of hydrogen-bond donors (Lipinski definition) is 1. The highest BCUT2D eigenvalue weighted by Gasteiger charge is 2.16. The maximum absolute atomic E-state index is 5.62. The normalized spacial score (nSPS) is 15.5. The Morgan fingerprint density at radius 3 is 2.79 bits per heavy atom. The fourth-order valence-electron chi connectivity index (χ4n) is 1.24. The molecule has 1 aliphatic heterocycles. The standard InChI is InChI=1S/C10H12BrNO.ClH/c11-9-2-1-3-10(4-9)13-7-8-5-12-6-8;/h1-4,8,12H,5-7H2;1H. The lowest BCUT2D eigenvalue weighted by Crippen LogP contribution is -2.45. The van der Waals surface area contributed by atoms with Crippen molar-refractivity contribution >= 4 is 28.3 Å². The first-order valence-electron chi connectivity index (χ1n) is 4.44. The van der Waals surface area contributed by atoms with E-state index in [2.05, 4.69) is 21.2 Å². The van der Waals surface area contributed by atoms with Crippen LogP contribution < -0.4 is 10.1 Å². The third-order valence-corrected chi connectivity index (χ3v) is 2.64. The molecular formula is C10H13BrClNO. The van der Waals surface area contributed by atoms with Gasteiger partial charge >= 0.3 is 0 Å². The van der Waals surface area contributed by atoms with Crippen molar-refractivity contribution in [3.8, 4) is 5.75 Å². The van der Waals surface area contributed by atoms with Gasteiger partial charge in [0.1, 0.15) is 5.75 Å². The van der Waals surface area contributed by atoms with Gasteiger partial charge in [-0.25, -0.2) is 0 Å². The van der Waals surface area contributed by atoms with E-state index >= 15 is 0 Å². The topological polar surface area (TPSA) is 21.3 Å². The van der Waals surface area contributed by atoms with E-state index in [-0.39, 0.29) is 12.4 Å². The van der Waals surface area contributed by atoms with Crippen LogP contribution in [0, 0.1) is 5.92 Å². The molecular weight excluding hydrogens is 265 g/mol. The Kier molecular flexibility index (Phi) is 4.72. The lowest BCUT2D eigenvalue weighted by atomic mass is 10.1. The third kappa shape index (κ3) is 3.15. The molecule has 0 unspecified atom stereocenters.